The van der Waals surface area contributed by atoms with Gasteiger partial charge in [-0.05, 0) is 17.7 Å². The molecule has 0 fully saturated rings. The number of rotatable bonds is 5. The molecule has 0 spiro atoms. The van der Waals surface area contributed by atoms with Crippen LogP contribution in [-0.2, 0) is 10.2 Å². The molecular weight excluding hydrogens is 242 g/mol. The Kier molecular flexibility index (Phi) is 4.43. The van der Waals surface area contributed by atoms with Crippen molar-refractivity contribution < 1.29 is 14.3 Å². The second-order valence-corrected chi connectivity index (χ2v) is 5.39. The van der Waals surface area contributed by atoms with Gasteiger partial charge >= 0.3 is 0 Å². The largest absolute Gasteiger partial charge is 0.490 e. The van der Waals surface area contributed by atoms with Crippen LogP contribution < -0.4 is 14.8 Å². The zero-order valence-electron chi connectivity index (χ0n) is 11.6. The predicted molar refractivity (Wildman–Crippen MR) is 74.0 cm³/mol. The molecule has 4 nitrogen and oxygen atoms in total. The van der Waals surface area contributed by atoms with Crippen molar-refractivity contribution in [1.82, 2.24) is 5.32 Å². The van der Waals surface area contributed by atoms with E-state index in [-0.39, 0.29) is 5.41 Å². The van der Waals surface area contributed by atoms with Crippen LogP contribution in [0.4, 0.5) is 0 Å². The summed E-state index contributed by atoms with van der Waals surface area (Å²) in [7, 11) is 0. The smallest absolute Gasteiger partial charge is 0.161 e. The second-order valence-electron chi connectivity index (χ2n) is 5.39. The molecule has 1 aliphatic heterocycles. The summed E-state index contributed by atoms with van der Waals surface area (Å²) in [6, 6.07) is 6.08. The van der Waals surface area contributed by atoms with Gasteiger partial charge in [0.25, 0.3) is 0 Å². The number of carbonyl (C=O) groups is 1. The molecule has 0 aromatic heterocycles. The highest BCUT2D eigenvalue weighted by molar-refractivity contribution is 5.52. The lowest BCUT2D eigenvalue weighted by atomic mass is 9.84. The molecule has 0 unspecified atom stereocenters. The molecule has 0 amide bonds. The highest BCUT2D eigenvalue weighted by Gasteiger charge is 2.22. The lowest BCUT2D eigenvalue weighted by Gasteiger charge is -2.26. The van der Waals surface area contributed by atoms with Crippen molar-refractivity contribution in [3.8, 4) is 11.5 Å². The maximum atomic E-state index is 10.4. The fourth-order valence-corrected chi connectivity index (χ4v) is 2.13. The Hall–Kier alpha value is -1.55. The van der Waals surface area contributed by atoms with E-state index in [9.17, 15) is 4.79 Å². The first-order valence-electron chi connectivity index (χ1n) is 6.68. The quantitative estimate of drug-likeness (QED) is 0.651. The number of hydrogen-bond acceptors (Lipinski definition) is 4. The molecule has 0 bridgehead atoms. The first kappa shape index (κ1) is 13.9. The van der Waals surface area contributed by atoms with Crippen LogP contribution in [-0.4, -0.2) is 32.6 Å². The summed E-state index contributed by atoms with van der Waals surface area (Å²) in [4.78, 5) is 10.4. The minimum absolute atomic E-state index is 0.0618. The summed E-state index contributed by atoms with van der Waals surface area (Å²) < 4.78 is 11.3. The first-order valence-corrected chi connectivity index (χ1v) is 6.68. The Labute approximate surface area is 114 Å². The summed E-state index contributed by atoms with van der Waals surface area (Å²) in [5.74, 6) is 1.64. The first-order chi connectivity index (χ1) is 9.13. The number of nitrogens with one attached hydrogen (secondary N) is 1. The Balaban J connectivity index is 2.15. The topological polar surface area (TPSA) is 47.6 Å². The fourth-order valence-electron chi connectivity index (χ4n) is 2.13. The van der Waals surface area contributed by atoms with E-state index >= 15 is 0 Å². The van der Waals surface area contributed by atoms with Crippen LogP contribution >= 0.6 is 0 Å². The minimum atomic E-state index is -0.0618. The minimum Gasteiger partial charge on any atom is -0.490 e. The molecule has 1 N–H and O–H groups in total. The van der Waals surface area contributed by atoms with Gasteiger partial charge in [-0.1, -0.05) is 19.9 Å². The van der Waals surface area contributed by atoms with E-state index < -0.39 is 0 Å². The average Bonchev–Trinajstić information content (AvgIpc) is 2.63. The van der Waals surface area contributed by atoms with Crippen LogP contribution in [0.25, 0.3) is 0 Å². The highest BCUT2D eigenvalue weighted by Crippen LogP contribution is 2.34. The zero-order chi connectivity index (χ0) is 13.7. The molecule has 0 atom stereocenters. The summed E-state index contributed by atoms with van der Waals surface area (Å²) in [6.07, 6.45) is 1.79. The van der Waals surface area contributed by atoms with Crippen LogP contribution in [0.15, 0.2) is 18.2 Å². The third kappa shape index (κ3) is 3.47. The molecule has 1 aliphatic rings. The number of hydrogen-bond donors (Lipinski definition) is 1. The van der Waals surface area contributed by atoms with E-state index in [1.165, 1.54) is 5.56 Å². The maximum absolute atomic E-state index is 10.4. The van der Waals surface area contributed by atoms with Gasteiger partial charge in [0.15, 0.2) is 11.5 Å². The molecule has 104 valence electrons. The van der Waals surface area contributed by atoms with Crippen molar-refractivity contribution in [3.63, 3.8) is 0 Å². The second kappa shape index (κ2) is 6.06. The Morgan fingerprint density at radius 2 is 2.00 bits per heavy atom. The van der Waals surface area contributed by atoms with Gasteiger partial charge in [0.05, 0.1) is 19.8 Å². The van der Waals surface area contributed by atoms with Crippen molar-refractivity contribution in [2.24, 2.45) is 0 Å². The number of carbonyl (C=O) groups excluding carboxylic acids is 1. The molecule has 0 aliphatic carbocycles. The van der Waals surface area contributed by atoms with Gasteiger partial charge in [0.1, 0.15) is 6.29 Å². The van der Waals surface area contributed by atoms with Crippen molar-refractivity contribution in [3.05, 3.63) is 23.8 Å². The Bertz CT molecular complexity index is 443. The van der Waals surface area contributed by atoms with Crippen LogP contribution in [0.2, 0.25) is 0 Å². The molecule has 2 rings (SSSR count). The van der Waals surface area contributed by atoms with Crippen LogP contribution in [0, 0.1) is 0 Å². The molecule has 1 heterocycles. The highest BCUT2D eigenvalue weighted by atomic mass is 16.5. The normalized spacial score (nSPS) is 14.8. The zero-order valence-corrected chi connectivity index (χ0v) is 11.6. The summed E-state index contributed by atoms with van der Waals surface area (Å²) in [6.45, 7) is 6.81. The number of benzene rings is 1. The molecule has 4 heteroatoms. The lowest BCUT2D eigenvalue weighted by Crippen LogP contribution is -2.33. The molecule has 19 heavy (non-hydrogen) atoms. The van der Waals surface area contributed by atoms with Gasteiger partial charge < -0.3 is 19.6 Å². The van der Waals surface area contributed by atoms with Crippen LogP contribution in [0.5, 0.6) is 11.5 Å². The maximum Gasteiger partial charge on any atom is 0.161 e. The van der Waals surface area contributed by atoms with Gasteiger partial charge in [-0.2, -0.15) is 0 Å². The monoisotopic (exact) mass is 263 g/mol. The van der Waals surface area contributed by atoms with E-state index in [1.54, 1.807) is 0 Å². The third-order valence-corrected chi connectivity index (χ3v) is 3.32. The Morgan fingerprint density at radius 1 is 1.26 bits per heavy atom. The van der Waals surface area contributed by atoms with Crippen molar-refractivity contribution >= 4 is 6.29 Å². The van der Waals surface area contributed by atoms with Crippen molar-refractivity contribution in [2.75, 3.05) is 26.3 Å². The van der Waals surface area contributed by atoms with E-state index in [0.29, 0.717) is 19.8 Å². The van der Waals surface area contributed by atoms with Crippen molar-refractivity contribution in [1.29, 1.82) is 0 Å². The van der Waals surface area contributed by atoms with E-state index in [4.69, 9.17) is 9.47 Å². The van der Waals surface area contributed by atoms with Gasteiger partial charge in [-0.25, -0.2) is 0 Å². The number of fused-ring (bicyclic) bond motifs is 1. The van der Waals surface area contributed by atoms with Crippen LogP contribution in [0.3, 0.4) is 0 Å². The third-order valence-electron chi connectivity index (χ3n) is 3.32. The SMILES string of the molecule is CC(C)(CNCC=O)c1ccc2c(c1)OCCCO2. The molecule has 1 aromatic rings. The summed E-state index contributed by atoms with van der Waals surface area (Å²) in [5, 5.41) is 3.13. The standard InChI is InChI=1S/C15H21NO3/c1-15(2,11-16-6-7-17)12-4-5-13-14(10-12)19-9-3-8-18-13/h4-5,7,10,16H,3,6,8-9,11H2,1-2H3. The van der Waals surface area contributed by atoms with Gasteiger partial charge in [-0.3, -0.25) is 0 Å². The Morgan fingerprint density at radius 3 is 2.74 bits per heavy atom. The molecule has 1 aromatic carbocycles. The van der Waals surface area contributed by atoms with Gasteiger partial charge in [0.2, 0.25) is 0 Å². The number of aldehydes is 1. The van der Waals surface area contributed by atoms with Crippen LogP contribution in [0.1, 0.15) is 25.8 Å². The van der Waals surface area contributed by atoms with Gasteiger partial charge in [0, 0.05) is 18.4 Å². The fraction of sp³-hybridized carbons (Fsp3) is 0.533. The van der Waals surface area contributed by atoms with Crippen molar-refractivity contribution in [2.45, 2.75) is 25.7 Å². The van der Waals surface area contributed by atoms with E-state index in [0.717, 1.165) is 30.8 Å². The summed E-state index contributed by atoms with van der Waals surface area (Å²) >= 11 is 0. The lowest BCUT2D eigenvalue weighted by molar-refractivity contribution is -0.107. The average molecular weight is 263 g/mol. The van der Waals surface area contributed by atoms with E-state index in [1.807, 2.05) is 12.1 Å². The summed E-state index contributed by atoms with van der Waals surface area (Å²) in [5.41, 5.74) is 1.11. The molecular formula is C15H21NO3. The van der Waals surface area contributed by atoms with E-state index in [2.05, 4.69) is 25.2 Å². The molecule has 0 saturated carbocycles. The molecule has 0 radical (unpaired) electrons. The number of ether oxygens (including phenoxy) is 2. The van der Waals surface area contributed by atoms with Gasteiger partial charge in [-0.15, -0.1) is 0 Å². The molecule has 0 saturated heterocycles. The predicted octanol–water partition coefficient (Wildman–Crippen LogP) is 1.91.